The minimum Gasteiger partial charge on any atom is -0.322 e. The highest BCUT2D eigenvalue weighted by Gasteiger charge is 2.26. The number of hydrogen-bond donors (Lipinski definition) is 2. The average molecular weight is 371 g/mol. The Morgan fingerprint density at radius 1 is 1.27 bits per heavy atom. The topological polar surface area (TPSA) is 108 Å². The van der Waals surface area contributed by atoms with Crippen LogP contribution in [0.4, 0.5) is 5.69 Å². The van der Waals surface area contributed by atoms with Crippen LogP contribution in [-0.4, -0.2) is 46.6 Å². The lowest BCUT2D eigenvalue weighted by atomic mass is 9.98. The molecule has 0 spiro atoms. The average Bonchev–Trinajstić information content (AvgIpc) is 3.07. The number of aromatic nitrogens is 3. The van der Waals surface area contributed by atoms with Gasteiger partial charge in [-0.2, -0.15) is 9.40 Å². The number of benzene rings is 1. The smallest absolute Gasteiger partial charge is 0.257 e. The third kappa shape index (κ3) is 3.06. The Morgan fingerprint density at radius 2 is 2.12 bits per heavy atom. The Balaban J connectivity index is 1.61. The van der Waals surface area contributed by atoms with E-state index in [4.69, 9.17) is 0 Å². The Morgan fingerprint density at radius 3 is 2.92 bits per heavy atom. The van der Waals surface area contributed by atoms with Gasteiger partial charge in [-0.3, -0.25) is 14.9 Å². The molecule has 134 valence electrons. The molecular formula is C17H17N5O3S. The van der Waals surface area contributed by atoms with E-state index >= 15 is 0 Å². The number of rotatable bonds is 3. The molecule has 3 heterocycles. The normalized spacial score (nSPS) is 15.0. The minimum atomic E-state index is -3.27. The van der Waals surface area contributed by atoms with E-state index in [1.54, 1.807) is 18.5 Å². The van der Waals surface area contributed by atoms with Crippen molar-refractivity contribution in [1.82, 2.24) is 19.5 Å². The fourth-order valence-electron chi connectivity index (χ4n) is 3.17. The van der Waals surface area contributed by atoms with Gasteiger partial charge in [-0.25, -0.2) is 8.42 Å². The van der Waals surface area contributed by atoms with Crippen LogP contribution in [0.25, 0.3) is 10.9 Å². The van der Waals surface area contributed by atoms with Gasteiger partial charge in [-0.15, -0.1) is 0 Å². The zero-order valence-electron chi connectivity index (χ0n) is 14.1. The van der Waals surface area contributed by atoms with Gasteiger partial charge in [-0.05, 0) is 35.7 Å². The van der Waals surface area contributed by atoms with Crippen LogP contribution in [0.5, 0.6) is 0 Å². The van der Waals surface area contributed by atoms with E-state index in [-0.39, 0.29) is 12.5 Å². The summed E-state index contributed by atoms with van der Waals surface area (Å²) in [6.07, 6.45) is 6.51. The Bertz CT molecular complexity index is 1110. The van der Waals surface area contributed by atoms with Crippen molar-refractivity contribution in [2.24, 2.45) is 0 Å². The molecule has 4 rings (SSSR count). The number of anilines is 1. The molecule has 8 nitrogen and oxygen atoms in total. The molecule has 0 bridgehead atoms. The first-order valence-electron chi connectivity index (χ1n) is 8.07. The van der Waals surface area contributed by atoms with E-state index in [1.807, 2.05) is 12.1 Å². The fraction of sp³-hybridized carbons (Fsp3) is 0.235. The number of aromatic amines is 1. The third-order valence-corrected chi connectivity index (χ3v) is 5.77. The second-order valence-corrected chi connectivity index (χ2v) is 8.28. The van der Waals surface area contributed by atoms with Crippen LogP contribution in [0.2, 0.25) is 0 Å². The first kappa shape index (κ1) is 16.7. The van der Waals surface area contributed by atoms with E-state index in [1.165, 1.54) is 16.8 Å². The maximum absolute atomic E-state index is 12.7. The van der Waals surface area contributed by atoms with Crippen molar-refractivity contribution >= 4 is 32.5 Å². The maximum Gasteiger partial charge on any atom is 0.257 e. The number of nitrogens with zero attached hydrogens (tertiary/aromatic N) is 3. The van der Waals surface area contributed by atoms with Crippen molar-refractivity contribution in [3.8, 4) is 0 Å². The van der Waals surface area contributed by atoms with Gasteiger partial charge in [0.15, 0.2) is 0 Å². The van der Waals surface area contributed by atoms with Crippen molar-refractivity contribution in [2.75, 3.05) is 18.1 Å². The molecule has 0 aliphatic carbocycles. The Labute approximate surface area is 150 Å². The molecule has 26 heavy (non-hydrogen) atoms. The van der Waals surface area contributed by atoms with Crippen LogP contribution >= 0.6 is 0 Å². The number of H-pyrrole nitrogens is 1. The summed E-state index contributed by atoms with van der Waals surface area (Å²) in [5.74, 6) is -0.259. The molecule has 9 heteroatoms. The van der Waals surface area contributed by atoms with Gasteiger partial charge in [0.1, 0.15) is 0 Å². The molecule has 0 radical (unpaired) electrons. The molecule has 0 saturated carbocycles. The second-order valence-electron chi connectivity index (χ2n) is 6.30. The van der Waals surface area contributed by atoms with Gasteiger partial charge in [0.25, 0.3) is 5.91 Å². The minimum absolute atomic E-state index is 0.239. The van der Waals surface area contributed by atoms with Crippen LogP contribution in [0, 0.1) is 0 Å². The quantitative estimate of drug-likeness (QED) is 0.726. The number of fused-ring (bicyclic) bond motifs is 2. The van der Waals surface area contributed by atoms with Crippen molar-refractivity contribution in [3.05, 3.63) is 53.5 Å². The van der Waals surface area contributed by atoms with Crippen LogP contribution in [0.15, 0.2) is 36.8 Å². The molecule has 0 atom stereocenters. The van der Waals surface area contributed by atoms with Crippen LogP contribution in [0.1, 0.15) is 21.5 Å². The van der Waals surface area contributed by atoms with E-state index in [2.05, 4.69) is 20.5 Å². The molecule has 1 aliphatic heterocycles. The van der Waals surface area contributed by atoms with Crippen LogP contribution < -0.4 is 5.32 Å². The van der Waals surface area contributed by atoms with Crippen molar-refractivity contribution in [2.45, 2.75) is 13.0 Å². The van der Waals surface area contributed by atoms with Crippen molar-refractivity contribution in [1.29, 1.82) is 0 Å². The lowest BCUT2D eigenvalue weighted by Crippen LogP contribution is -2.36. The summed E-state index contributed by atoms with van der Waals surface area (Å²) >= 11 is 0. The molecule has 1 aromatic carbocycles. The number of sulfonamides is 1. The SMILES string of the molecule is CS(=O)(=O)N1CCc2c(cncc2C(=O)Nc2ccc3[nH]ncc3c2)C1. The summed E-state index contributed by atoms with van der Waals surface area (Å²) < 4.78 is 24.9. The first-order valence-corrected chi connectivity index (χ1v) is 9.92. The van der Waals surface area contributed by atoms with Gasteiger partial charge in [0.2, 0.25) is 10.0 Å². The highest BCUT2D eigenvalue weighted by molar-refractivity contribution is 7.88. The number of hydrogen-bond acceptors (Lipinski definition) is 5. The van der Waals surface area contributed by atoms with E-state index in [0.29, 0.717) is 24.2 Å². The van der Waals surface area contributed by atoms with Gasteiger partial charge in [0, 0.05) is 36.6 Å². The predicted octanol–water partition coefficient (Wildman–Crippen LogP) is 1.53. The van der Waals surface area contributed by atoms with Crippen LogP contribution in [-0.2, 0) is 23.0 Å². The zero-order valence-corrected chi connectivity index (χ0v) is 14.9. The van der Waals surface area contributed by atoms with Gasteiger partial charge in [0.05, 0.1) is 23.5 Å². The van der Waals surface area contributed by atoms with Crippen molar-refractivity contribution < 1.29 is 13.2 Å². The number of nitrogens with one attached hydrogen (secondary N) is 2. The standard InChI is InChI=1S/C17H17N5O3S/c1-26(24,25)22-5-4-14-12(10-22)7-18-9-15(14)17(23)20-13-2-3-16-11(6-13)8-19-21-16/h2-3,6-9H,4-5,10H2,1H3,(H,19,21)(H,20,23). The van der Waals surface area contributed by atoms with Gasteiger partial charge in [-0.1, -0.05) is 0 Å². The highest BCUT2D eigenvalue weighted by Crippen LogP contribution is 2.24. The number of carbonyl (C=O) groups excluding carboxylic acids is 1. The molecule has 0 saturated heterocycles. The third-order valence-electron chi connectivity index (χ3n) is 4.52. The van der Waals surface area contributed by atoms with Crippen LogP contribution in [0.3, 0.4) is 0 Å². The fourth-order valence-corrected chi connectivity index (χ4v) is 3.96. The summed E-state index contributed by atoms with van der Waals surface area (Å²) in [7, 11) is -3.27. The van der Waals surface area contributed by atoms with E-state index < -0.39 is 10.0 Å². The lowest BCUT2D eigenvalue weighted by Gasteiger charge is -2.27. The Hall–Kier alpha value is -2.78. The highest BCUT2D eigenvalue weighted by atomic mass is 32.2. The summed E-state index contributed by atoms with van der Waals surface area (Å²) in [5.41, 5.74) is 3.64. The number of pyridine rings is 1. The molecule has 2 N–H and O–H groups in total. The molecule has 0 fully saturated rings. The molecule has 1 aliphatic rings. The van der Waals surface area contributed by atoms with E-state index in [9.17, 15) is 13.2 Å². The number of amides is 1. The largest absolute Gasteiger partial charge is 0.322 e. The molecule has 2 aromatic heterocycles. The zero-order chi connectivity index (χ0) is 18.3. The van der Waals surface area contributed by atoms with E-state index in [0.717, 1.165) is 22.0 Å². The number of carbonyl (C=O) groups is 1. The Kier molecular flexibility index (Phi) is 3.97. The lowest BCUT2D eigenvalue weighted by molar-refractivity contribution is 0.102. The second kappa shape index (κ2) is 6.19. The summed E-state index contributed by atoms with van der Waals surface area (Å²) in [6, 6.07) is 5.48. The molecule has 3 aromatic rings. The van der Waals surface area contributed by atoms with Gasteiger partial charge < -0.3 is 5.32 Å². The molecule has 0 unspecified atom stereocenters. The predicted molar refractivity (Wildman–Crippen MR) is 97.2 cm³/mol. The molecular weight excluding hydrogens is 354 g/mol. The van der Waals surface area contributed by atoms with Crippen molar-refractivity contribution in [3.63, 3.8) is 0 Å². The van der Waals surface area contributed by atoms with Gasteiger partial charge >= 0.3 is 0 Å². The maximum atomic E-state index is 12.7. The summed E-state index contributed by atoms with van der Waals surface area (Å²) in [4.78, 5) is 16.9. The summed E-state index contributed by atoms with van der Waals surface area (Å²) in [5, 5.41) is 10.6. The molecule has 1 amide bonds. The monoisotopic (exact) mass is 371 g/mol. The first-order chi connectivity index (χ1) is 12.4. The summed E-state index contributed by atoms with van der Waals surface area (Å²) in [6.45, 7) is 0.598.